The Morgan fingerprint density at radius 2 is 2.15 bits per heavy atom. The second kappa shape index (κ2) is 5.80. The predicted molar refractivity (Wildman–Crippen MR) is 82.8 cm³/mol. The van der Waals surface area contributed by atoms with Crippen LogP contribution in [0.3, 0.4) is 0 Å². The fraction of sp³-hybridized carbons (Fsp3) is 0.471. The van der Waals surface area contributed by atoms with E-state index in [1.165, 1.54) is 36.1 Å². The van der Waals surface area contributed by atoms with E-state index in [9.17, 15) is 0 Å². The highest BCUT2D eigenvalue weighted by molar-refractivity contribution is 5.60. The van der Waals surface area contributed by atoms with Gasteiger partial charge in [0.05, 0.1) is 11.9 Å². The van der Waals surface area contributed by atoms with E-state index in [2.05, 4.69) is 47.3 Å². The summed E-state index contributed by atoms with van der Waals surface area (Å²) in [5, 5.41) is 3.47. The van der Waals surface area contributed by atoms with Gasteiger partial charge in [0.1, 0.15) is 5.82 Å². The zero-order chi connectivity index (χ0) is 13.9. The number of nitrogens with zero attached hydrogens (tertiary/aromatic N) is 1. The Morgan fingerprint density at radius 3 is 2.90 bits per heavy atom. The van der Waals surface area contributed by atoms with Gasteiger partial charge in [-0.25, -0.2) is 4.98 Å². The normalized spacial score (nSPS) is 19.2. The second-order valence-electron chi connectivity index (χ2n) is 5.96. The zero-order valence-corrected chi connectivity index (χ0v) is 12.4. The summed E-state index contributed by atoms with van der Waals surface area (Å²) in [5.74, 6) is 1.84. The molecule has 106 valence electrons. The van der Waals surface area contributed by atoms with Gasteiger partial charge in [-0.3, -0.25) is 0 Å². The van der Waals surface area contributed by atoms with E-state index >= 15 is 0 Å². The number of aryl methyl sites for hydroxylation is 2. The van der Waals surface area contributed by atoms with Crippen LogP contribution in [0, 0.1) is 19.8 Å². The van der Waals surface area contributed by atoms with Gasteiger partial charge < -0.3 is 10.3 Å². The number of piperidine rings is 1. The van der Waals surface area contributed by atoms with Crippen LogP contribution < -0.4 is 5.32 Å². The van der Waals surface area contributed by atoms with Crippen molar-refractivity contribution in [1.82, 2.24) is 15.3 Å². The molecule has 0 bridgehead atoms. The molecule has 1 aliphatic rings. The van der Waals surface area contributed by atoms with E-state index in [1.54, 1.807) is 0 Å². The van der Waals surface area contributed by atoms with E-state index in [0.717, 1.165) is 30.4 Å². The highest BCUT2D eigenvalue weighted by Gasteiger charge is 2.15. The largest absolute Gasteiger partial charge is 0.342 e. The molecule has 1 unspecified atom stereocenters. The van der Waals surface area contributed by atoms with E-state index in [-0.39, 0.29) is 0 Å². The van der Waals surface area contributed by atoms with Crippen LogP contribution in [0.15, 0.2) is 24.4 Å². The van der Waals surface area contributed by atoms with Gasteiger partial charge in [0.25, 0.3) is 0 Å². The molecule has 0 aliphatic carbocycles. The highest BCUT2D eigenvalue weighted by atomic mass is 14.9. The van der Waals surface area contributed by atoms with Gasteiger partial charge in [0, 0.05) is 6.42 Å². The molecule has 1 fully saturated rings. The molecule has 1 saturated heterocycles. The fourth-order valence-electron chi connectivity index (χ4n) is 2.89. The number of nitrogens with one attached hydrogen (secondary N) is 2. The van der Waals surface area contributed by atoms with Crippen molar-refractivity contribution in [3.8, 4) is 11.3 Å². The Kier molecular flexibility index (Phi) is 3.88. The molecule has 0 radical (unpaired) electrons. The van der Waals surface area contributed by atoms with Crippen molar-refractivity contribution in [1.29, 1.82) is 0 Å². The number of imidazole rings is 1. The van der Waals surface area contributed by atoms with Crippen molar-refractivity contribution in [2.75, 3.05) is 13.1 Å². The predicted octanol–water partition coefficient (Wildman–Crippen LogP) is 3.24. The molecule has 2 N–H and O–H groups in total. The molecule has 0 saturated carbocycles. The summed E-state index contributed by atoms with van der Waals surface area (Å²) in [6, 6.07) is 6.58. The van der Waals surface area contributed by atoms with Gasteiger partial charge in [0.15, 0.2) is 0 Å². The van der Waals surface area contributed by atoms with E-state index in [4.69, 9.17) is 0 Å². The smallest absolute Gasteiger partial charge is 0.106 e. The number of hydrogen-bond donors (Lipinski definition) is 2. The summed E-state index contributed by atoms with van der Waals surface area (Å²) in [6.07, 6.45) is 5.62. The molecular weight excluding hydrogens is 246 g/mol. The summed E-state index contributed by atoms with van der Waals surface area (Å²) in [4.78, 5) is 8.04. The van der Waals surface area contributed by atoms with E-state index in [0.29, 0.717) is 0 Å². The number of benzene rings is 1. The monoisotopic (exact) mass is 269 g/mol. The molecule has 1 aromatic carbocycles. The third kappa shape index (κ3) is 2.93. The lowest BCUT2D eigenvalue weighted by Crippen LogP contribution is -2.31. The minimum Gasteiger partial charge on any atom is -0.342 e. The van der Waals surface area contributed by atoms with Crippen LogP contribution in [0.25, 0.3) is 11.3 Å². The minimum atomic E-state index is 0.725. The average Bonchev–Trinajstić information content (AvgIpc) is 2.91. The van der Waals surface area contributed by atoms with Crippen molar-refractivity contribution in [3.05, 3.63) is 41.3 Å². The van der Waals surface area contributed by atoms with Gasteiger partial charge in [0.2, 0.25) is 0 Å². The third-order valence-corrected chi connectivity index (χ3v) is 4.33. The number of aromatic nitrogens is 2. The van der Waals surface area contributed by atoms with Gasteiger partial charge in [-0.2, -0.15) is 0 Å². The fourth-order valence-corrected chi connectivity index (χ4v) is 2.89. The van der Waals surface area contributed by atoms with Gasteiger partial charge in [-0.05, 0) is 68.5 Å². The van der Waals surface area contributed by atoms with E-state index < -0.39 is 0 Å². The van der Waals surface area contributed by atoms with Gasteiger partial charge >= 0.3 is 0 Å². The first-order valence-corrected chi connectivity index (χ1v) is 7.54. The molecule has 3 heteroatoms. The van der Waals surface area contributed by atoms with Crippen LogP contribution in [-0.4, -0.2) is 23.1 Å². The van der Waals surface area contributed by atoms with Crippen molar-refractivity contribution >= 4 is 0 Å². The Hall–Kier alpha value is -1.61. The minimum absolute atomic E-state index is 0.725. The Bertz CT molecular complexity index is 580. The van der Waals surface area contributed by atoms with Crippen molar-refractivity contribution in [2.24, 2.45) is 5.92 Å². The summed E-state index contributed by atoms with van der Waals surface area (Å²) >= 11 is 0. The maximum Gasteiger partial charge on any atom is 0.106 e. The number of rotatable bonds is 3. The first kappa shape index (κ1) is 13.4. The maximum absolute atomic E-state index is 4.56. The molecule has 2 aromatic rings. The SMILES string of the molecule is Cc1ccc(-c2cnc(CC3CCCNC3)[nH]2)cc1C. The first-order chi connectivity index (χ1) is 9.72. The van der Waals surface area contributed by atoms with Crippen molar-refractivity contribution < 1.29 is 0 Å². The van der Waals surface area contributed by atoms with Gasteiger partial charge in [-0.1, -0.05) is 12.1 Å². The lowest BCUT2D eigenvalue weighted by atomic mass is 9.96. The first-order valence-electron chi connectivity index (χ1n) is 7.54. The molecule has 0 spiro atoms. The number of aromatic amines is 1. The van der Waals surface area contributed by atoms with Crippen molar-refractivity contribution in [2.45, 2.75) is 33.1 Å². The van der Waals surface area contributed by atoms with Crippen LogP contribution in [-0.2, 0) is 6.42 Å². The summed E-state index contributed by atoms with van der Waals surface area (Å²) in [7, 11) is 0. The van der Waals surface area contributed by atoms with Crippen LogP contribution in [0.2, 0.25) is 0 Å². The molecule has 1 aromatic heterocycles. The summed E-state index contributed by atoms with van der Waals surface area (Å²) in [5.41, 5.74) is 5.03. The lowest BCUT2D eigenvalue weighted by Gasteiger charge is -2.21. The molecule has 1 atom stereocenters. The van der Waals surface area contributed by atoms with Crippen LogP contribution in [0.5, 0.6) is 0 Å². The zero-order valence-electron chi connectivity index (χ0n) is 12.4. The van der Waals surface area contributed by atoms with Crippen LogP contribution in [0.1, 0.15) is 29.8 Å². The Balaban J connectivity index is 1.73. The molecule has 0 amide bonds. The molecule has 3 rings (SSSR count). The average molecular weight is 269 g/mol. The molecule has 20 heavy (non-hydrogen) atoms. The highest BCUT2D eigenvalue weighted by Crippen LogP contribution is 2.22. The van der Waals surface area contributed by atoms with Crippen LogP contribution >= 0.6 is 0 Å². The second-order valence-corrected chi connectivity index (χ2v) is 5.96. The Labute approximate surface area is 120 Å². The lowest BCUT2D eigenvalue weighted by molar-refractivity contribution is 0.371. The third-order valence-electron chi connectivity index (χ3n) is 4.33. The number of H-pyrrole nitrogens is 1. The van der Waals surface area contributed by atoms with Gasteiger partial charge in [-0.15, -0.1) is 0 Å². The maximum atomic E-state index is 4.56. The molecular formula is C17H23N3. The quantitative estimate of drug-likeness (QED) is 0.898. The Morgan fingerprint density at radius 1 is 1.25 bits per heavy atom. The van der Waals surface area contributed by atoms with E-state index in [1.807, 2.05) is 6.20 Å². The number of hydrogen-bond acceptors (Lipinski definition) is 2. The molecule has 3 nitrogen and oxygen atoms in total. The molecule has 2 heterocycles. The molecule has 1 aliphatic heterocycles. The van der Waals surface area contributed by atoms with Crippen molar-refractivity contribution in [3.63, 3.8) is 0 Å². The topological polar surface area (TPSA) is 40.7 Å². The summed E-state index contributed by atoms with van der Waals surface area (Å²) < 4.78 is 0. The standard InChI is InChI=1S/C17H23N3/c1-12-5-6-15(8-13(12)2)16-11-19-17(20-16)9-14-4-3-7-18-10-14/h5-6,8,11,14,18H,3-4,7,9-10H2,1-2H3,(H,19,20). The van der Waals surface area contributed by atoms with Crippen LogP contribution in [0.4, 0.5) is 0 Å². The summed E-state index contributed by atoms with van der Waals surface area (Å²) in [6.45, 7) is 6.60.